The van der Waals surface area contributed by atoms with Crippen LogP contribution in [0, 0.1) is 11.6 Å². The van der Waals surface area contributed by atoms with E-state index in [0.29, 0.717) is 0 Å². The molecule has 0 radical (unpaired) electrons. The van der Waals surface area contributed by atoms with Crippen LogP contribution in [0.5, 0.6) is 0 Å². The summed E-state index contributed by atoms with van der Waals surface area (Å²) in [4.78, 5) is 3.94. The maximum Gasteiger partial charge on any atom is 0.149 e. The van der Waals surface area contributed by atoms with Crippen molar-refractivity contribution >= 4 is 11.8 Å². The number of thioether (sulfide) groups is 1. The van der Waals surface area contributed by atoms with Crippen molar-refractivity contribution in [2.24, 2.45) is 0 Å². The highest BCUT2D eigenvalue weighted by Gasteiger charge is 2.13. The van der Waals surface area contributed by atoms with Crippen molar-refractivity contribution in [1.29, 1.82) is 0 Å². The zero-order valence-corrected chi connectivity index (χ0v) is 13.1. The lowest BCUT2D eigenvalue weighted by atomic mass is 10.0. The highest BCUT2D eigenvalue weighted by Crippen LogP contribution is 2.30. The molecule has 23 heavy (non-hydrogen) atoms. The van der Waals surface area contributed by atoms with Crippen molar-refractivity contribution in [2.45, 2.75) is 11.9 Å². The SMILES string of the molecule is CCSc1cc(-c2ccc(F)c(-c3ncccc3F)c2)cnn1. The fourth-order valence-corrected chi connectivity index (χ4v) is 2.80. The van der Waals surface area contributed by atoms with E-state index in [9.17, 15) is 8.78 Å². The molecular formula is C17H13F2N3S. The molecule has 0 atom stereocenters. The van der Waals surface area contributed by atoms with E-state index in [-0.39, 0.29) is 11.3 Å². The van der Waals surface area contributed by atoms with Gasteiger partial charge in [-0.05, 0) is 41.6 Å². The van der Waals surface area contributed by atoms with Crippen LogP contribution in [0.25, 0.3) is 22.4 Å². The van der Waals surface area contributed by atoms with E-state index in [1.807, 2.05) is 13.0 Å². The number of benzene rings is 1. The molecule has 0 unspecified atom stereocenters. The maximum atomic E-state index is 14.1. The second-order valence-electron chi connectivity index (χ2n) is 4.74. The van der Waals surface area contributed by atoms with Crippen molar-refractivity contribution in [3.8, 4) is 22.4 Å². The molecule has 0 aliphatic rings. The van der Waals surface area contributed by atoms with Crippen LogP contribution >= 0.6 is 11.8 Å². The summed E-state index contributed by atoms with van der Waals surface area (Å²) < 4.78 is 28.0. The minimum absolute atomic E-state index is 0.00276. The first-order valence-corrected chi connectivity index (χ1v) is 8.04. The van der Waals surface area contributed by atoms with Crippen molar-refractivity contribution in [3.63, 3.8) is 0 Å². The summed E-state index contributed by atoms with van der Waals surface area (Å²) in [7, 11) is 0. The second kappa shape index (κ2) is 6.83. The van der Waals surface area contributed by atoms with Gasteiger partial charge in [0.1, 0.15) is 22.4 Å². The highest BCUT2D eigenvalue weighted by molar-refractivity contribution is 7.99. The first-order chi connectivity index (χ1) is 11.2. The van der Waals surface area contributed by atoms with Crippen molar-refractivity contribution in [3.05, 3.63) is 60.4 Å². The van der Waals surface area contributed by atoms with Crippen LogP contribution in [0.3, 0.4) is 0 Å². The Labute approximate surface area is 136 Å². The van der Waals surface area contributed by atoms with Gasteiger partial charge in [-0.2, -0.15) is 5.10 Å². The van der Waals surface area contributed by atoms with E-state index >= 15 is 0 Å². The van der Waals surface area contributed by atoms with Gasteiger partial charge in [0.15, 0.2) is 0 Å². The Morgan fingerprint density at radius 3 is 2.70 bits per heavy atom. The third-order valence-electron chi connectivity index (χ3n) is 3.24. The van der Waals surface area contributed by atoms with E-state index in [0.717, 1.165) is 21.9 Å². The van der Waals surface area contributed by atoms with Gasteiger partial charge in [0, 0.05) is 17.3 Å². The van der Waals surface area contributed by atoms with Crippen LogP contribution in [0.4, 0.5) is 8.78 Å². The van der Waals surface area contributed by atoms with Crippen LogP contribution in [0.2, 0.25) is 0 Å². The third kappa shape index (κ3) is 3.37. The van der Waals surface area contributed by atoms with E-state index in [1.165, 1.54) is 24.4 Å². The molecule has 0 amide bonds. The first-order valence-electron chi connectivity index (χ1n) is 7.05. The number of hydrogen-bond donors (Lipinski definition) is 0. The molecule has 0 saturated carbocycles. The van der Waals surface area contributed by atoms with Gasteiger partial charge < -0.3 is 0 Å². The molecule has 0 fully saturated rings. The van der Waals surface area contributed by atoms with Crippen LogP contribution < -0.4 is 0 Å². The van der Waals surface area contributed by atoms with Crippen LogP contribution in [-0.2, 0) is 0 Å². The molecule has 0 bridgehead atoms. The Kier molecular flexibility index (Phi) is 4.62. The monoisotopic (exact) mass is 329 g/mol. The molecule has 2 aromatic heterocycles. The van der Waals surface area contributed by atoms with Gasteiger partial charge in [-0.3, -0.25) is 4.98 Å². The summed E-state index contributed by atoms with van der Waals surface area (Å²) in [6.07, 6.45) is 3.04. The van der Waals surface area contributed by atoms with E-state index < -0.39 is 11.6 Å². The third-order valence-corrected chi connectivity index (χ3v) is 4.02. The molecule has 1 aromatic carbocycles. The summed E-state index contributed by atoms with van der Waals surface area (Å²) in [5.41, 5.74) is 1.66. The Hall–Kier alpha value is -2.34. The fraction of sp³-hybridized carbons (Fsp3) is 0.118. The summed E-state index contributed by atoms with van der Waals surface area (Å²) in [5.74, 6) is -0.193. The number of hydrogen-bond acceptors (Lipinski definition) is 4. The summed E-state index contributed by atoms with van der Waals surface area (Å²) >= 11 is 1.57. The highest BCUT2D eigenvalue weighted by atomic mass is 32.2. The quantitative estimate of drug-likeness (QED) is 0.656. The maximum absolute atomic E-state index is 14.1. The number of pyridine rings is 1. The number of halogens is 2. The zero-order valence-electron chi connectivity index (χ0n) is 12.3. The fourth-order valence-electron chi connectivity index (χ4n) is 2.19. The van der Waals surface area contributed by atoms with Crippen molar-refractivity contribution < 1.29 is 8.78 Å². The summed E-state index contributed by atoms with van der Waals surface area (Å²) in [5, 5.41) is 8.79. The van der Waals surface area contributed by atoms with Gasteiger partial charge in [-0.1, -0.05) is 13.0 Å². The molecule has 0 saturated heterocycles. The lowest BCUT2D eigenvalue weighted by Gasteiger charge is -2.08. The molecule has 6 heteroatoms. The number of aromatic nitrogens is 3. The summed E-state index contributed by atoms with van der Waals surface area (Å²) in [6, 6.07) is 9.15. The number of nitrogens with zero attached hydrogens (tertiary/aromatic N) is 3. The van der Waals surface area contributed by atoms with Gasteiger partial charge in [-0.15, -0.1) is 16.9 Å². The first kappa shape index (κ1) is 15.6. The van der Waals surface area contributed by atoms with E-state index in [1.54, 1.807) is 30.1 Å². The Morgan fingerprint density at radius 1 is 1.04 bits per heavy atom. The molecule has 3 rings (SSSR count). The Morgan fingerprint density at radius 2 is 1.91 bits per heavy atom. The van der Waals surface area contributed by atoms with Crippen LogP contribution in [0.15, 0.2) is 53.8 Å². The predicted octanol–water partition coefficient (Wildman–Crippen LogP) is 4.60. The molecule has 0 aliphatic carbocycles. The Bertz CT molecular complexity index is 840. The summed E-state index contributed by atoms with van der Waals surface area (Å²) in [6.45, 7) is 2.03. The average Bonchev–Trinajstić information content (AvgIpc) is 2.57. The average molecular weight is 329 g/mol. The van der Waals surface area contributed by atoms with Gasteiger partial charge >= 0.3 is 0 Å². The zero-order chi connectivity index (χ0) is 16.2. The largest absolute Gasteiger partial charge is 0.253 e. The van der Waals surface area contributed by atoms with Crippen molar-refractivity contribution in [2.75, 3.05) is 5.75 Å². The van der Waals surface area contributed by atoms with Gasteiger partial charge in [0.25, 0.3) is 0 Å². The van der Waals surface area contributed by atoms with Crippen LogP contribution in [-0.4, -0.2) is 20.9 Å². The minimum Gasteiger partial charge on any atom is -0.253 e. The minimum atomic E-state index is -0.557. The molecule has 0 aliphatic heterocycles. The van der Waals surface area contributed by atoms with Crippen LogP contribution in [0.1, 0.15) is 6.92 Å². The Balaban J connectivity index is 2.07. The van der Waals surface area contributed by atoms with Crippen molar-refractivity contribution in [1.82, 2.24) is 15.2 Å². The molecule has 2 heterocycles. The molecular weight excluding hydrogens is 316 g/mol. The van der Waals surface area contributed by atoms with Gasteiger partial charge in [0.05, 0.1) is 6.20 Å². The molecule has 116 valence electrons. The lowest BCUT2D eigenvalue weighted by Crippen LogP contribution is -1.93. The smallest absolute Gasteiger partial charge is 0.149 e. The second-order valence-corrected chi connectivity index (χ2v) is 6.03. The van der Waals surface area contributed by atoms with E-state index in [4.69, 9.17) is 0 Å². The molecule has 3 nitrogen and oxygen atoms in total. The predicted molar refractivity (Wildman–Crippen MR) is 87.0 cm³/mol. The molecule has 3 aromatic rings. The molecule has 0 spiro atoms. The lowest BCUT2D eigenvalue weighted by molar-refractivity contribution is 0.611. The number of rotatable bonds is 4. The van der Waals surface area contributed by atoms with Gasteiger partial charge in [0.2, 0.25) is 0 Å². The van der Waals surface area contributed by atoms with Gasteiger partial charge in [-0.25, -0.2) is 8.78 Å². The van der Waals surface area contributed by atoms with E-state index in [2.05, 4.69) is 15.2 Å². The topological polar surface area (TPSA) is 38.7 Å². The molecule has 0 N–H and O–H groups in total. The standard InChI is InChI=1S/C17H13F2N3S/c1-2-23-16-9-12(10-21-22-16)11-5-6-14(18)13(8-11)17-15(19)4-3-7-20-17/h3-10H,2H2,1H3. The normalized spacial score (nSPS) is 10.7.